The summed E-state index contributed by atoms with van der Waals surface area (Å²) in [5.74, 6) is 1.38. The van der Waals surface area contributed by atoms with E-state index in [1.165, 1.54) is 32.7 Å². The third kappa shape index (κ3) is 5.57. The molecule has 48 heavy (non-hydrogen) atoms. The first-order chi connectivity index (χ1) is 23.1. The maximum atomic E-state index is 14.1. The number of benzene rings is 4. The number of thiazole rings is 1. The Labute approximate surface area is 296 Å². The monoisotopic (exact) mass is 740 g/mol. The van der Waals surface area contributed by atoms with Gasteiger partial charge in [-0.3, -0.25) is 13.9 Å². The third-order valence-corrected chi connectivity index (χ3v) is 10.2. The van der Waals surface area contributed by atoms with Crippen molar-refractivity contribution in [2.75, 3.05) is 21.3 Å². The summed E-state index contributed by atoms with van der Waals surface area (Å²) in [5, 5.41) is 1.84. The molecule has 4 aromatic carbocycles. The van der Waals surface area contributed by atoms with Crippen LogP contribution in [0.25, 0.3) is 33.1 Å². The highest BCUT2D eigenvalue weighted by Crippen LogP contribution is 2.38. The standard InChI is InChI=1S/C34H24Cl4N4O5S/c1-45-28-8-17(9-29(46-2)31(28)47-3)10-30-32(43)42-25-14-27-26(13-24(25)39-33(42)48-30)40(15-18-4-6-20(35)11-22(18)37)34(44)41(27)16-19-5-7-21(36)12-23(19)38/h4-14H,15-16H2,1-3H3. The van der Waals surface area contributed by atoms with Gasteiger partial charge in [-0.1, -0.05) is 69.9 Å². The lowest BCUT2D eigenvalue weighted by molar-refractivity contribution is 0.324. The Morgan fingerprint density at radius 2 is 1.29 bits per heavy atom. The Morgan fingerprint density at radius 3 is 1.81 bits per heavy atom. The molecule has 0 spiro atoms. The van der Waals surface area contributed by atoms with Crippen LogP contribution in [0.5, 0.6) is 17.2 Å². The molecule has 244 valence electrons. The van der Waals surface area contributed by atoms with Gasteiger partial charge in [-0.15, -0.1) is 0 Å². The summed E-state index contributed by atoms with van der Waals surface area (Å²) in [6.07, 6.45) is 1.75. The summed E-state index contributed by atoms with van der Waals surface area (Å²) >= 11 is 26.6. The van der Waals surface area contributed by atoms with Crippen molar-refractivity contribution in [3.63, 3.8) is 0 Å². The quantitative estimate of drug-likeness (QED) is 0.162. The van der Waals surface area contributed by atoms with E-state index in [0.717, 1.165) is 0 Å². The maximum absolute atomic E-state index is 14.1. The van der Waals surface area contributed by atoms with Crippen LogP contribution in [0.3, 0.4) is 0 Å². The Hall–Kier alpha value is -4.19. The van der Waals surface area contributed by atoms with Crippen LogP contribution in [0.15, 0.2) is 70.3 Å². The summed E-state index contributed by atoms with van der Waals surface area (Å²) in [4.78, 5) is 33.3. The van der Waals surface area contributed by atoms with Crippen LogP contribution >= 0.6 is 57.7 Å². The minimum absolute atomic E-state index is 0.161. The molecule has 0 bridgehead atoms. The molecular formula is C34H24Cl4N4O5S. The van der Waals surface area contributed by atoms with Gasteiger partial charge in [-0.05, 0) is 71.3 Å². The number of ether oxygens (including phenoxy) is 3. The van der Waals surface area contributed by atoms with E-state index in [1.807, 2.05) is 12.1 Å². The first kappa shape index (κ1) is 32.4. The van der Waals surface area contributed by atoms with Crippen molar-refractivity contribution in [3.8, 4) is 17.2 Å². The predicted molar refractivity (Wildman–Crippen MR) is 193 cm³/mol. The number of methoxy groups -OCH3 is 3. The molecule has 0 saturated carbocycles. The zero-order valence-electron chi connectivity index (χ0n) is 25.5. The van der Waals surface area contributed by atoms with E-state index in [4.69, 9.17) is 65.6 Å². The van der Waals surface area contributed by atoms with E-state index >= 15 is 0 Å². The lowest BCUT2D eigenvalue weighted by Crippen LogP contribution is -2.25. The molecule has 0 aliphatic rings. The van der Waals surface area contributed by atoms with E-state index in [0.29, 0.717) is 85.6 Å². The number of hydrogen-bond acceptors (Lipinski definition) is 7. The molecule has 14 heteroatoms. The van der Waals surface area contributed by atoms with Crippen LogP contribution in [-0.2, 0) is 13.1 Å². The molecule has 3 heterocycles. The second kappa shape index (κ2) is 12.7. The molecule has 0 radical (unpaired) electrons. The van der Waals surface area contributed by atoms with E-state index in [2.05, 4.69) is 0 Å². The van der Waals surface area contributed by atoms with Gasteiger partial charge in [0.15, 0.2) is 16.5 Å². The maximum Gasteiger partial charge on any atom is 0.329 e. The van der Waals surface area contributed by atoms with Crippen molar-refractivity contribution in [1.29, 1.82) is 0 Å². The number of fused-ring (bicyclic) bond motifs is 4. The fraction of sp³-hybridized carbons (Fsp3) is 0.147. The molecule has 0 aliphatic heterocycles. The number of nitrogens with zero attached hydrogens (tertiary/aromatic N) is 4. The lowest BCUT2D eigenvalue weighted by Gasteiger charge is -2.12. The molecule has 3 aromatic heterocycles. The largest absolute Gasteiger partial charge is 0.493 e. The normalized spacial score (nSPS) is 12.1. The summed E-state index contributed by atoms with van der Waals surface area (Å²) < 4.78 is 21.7. The topological polar surface area (TPSA) is 89.0 Å². The van der Waals surface area contributed by atoms with Crippen LogP contribution in [0, 0.1) is 0 Å². The molecule has 7 rings (SSSR count). The number of halogens is 4. The Bertz CT molecular complexity index is 2570. The molecule has 9 nitrogen and oxygen atoms in total. The molecule has 0 amide bonds. The van der Waals surface area contributed by atoms with Crippen LogP contribution in [-0.4, -0.2) is 39.8 Å². The summed E-state index contributed by atoms with van der Waals surface area (Å²) in [7, 11) is 4.59. The van der Waals surface area contributed by atoms with Crippen molar-refractivity contribution >= 4 is 90.8 Å². The number of aromatic nitrogens is 4. The van der Waals surface area contributed by atoms with E-state index in [-0.39, 0.29) is 24.3 Å². The van der Waals surface area contributed by atoms with Gasteiger partial charge in [0.2, 0.25) is 5.75 Å². The van der Waals surface area contributed by atoms with E-state index in [1.54, 1.807) is 68.1 Å². The minimum Gasteiger partial charge on any atom is -0.493 e. The molecule has 0 N–H and O–H groups in total. The molecule has 0 aliphatic carbocycles. The van der Waals surface area contributed by atoms with Gasteiger partial charge < -0.3 is 14.2 Å². The average Bonchev–Trinajstić information content (AvgIpc) is 3.65. The predicted octanol–water partition coefficient (Wildman–Crippen LogP) is 7.31. The Balaban J connectivity index is 1.43. The minimum atomic E-state index is -0.292. The third-order valence-electron chi connectivity index (χ3n) is 8.05. The lowest BCUT2D eigenvalue weighted by atomic mass is 10.1. The van der Waals surface area contributed by atoms with Crippen LogP contribution in [0.4, 0.5) is 0 Å². The van der Waals surface area contributed by atoms with Crippen LogP contribution in [0.1, 0.15) is 16.7 Å². The molecule has 0 unspecified atom stereocenters. The highest BCUT2D eigenvalue weighted by molar-refractivity contribution is 7.15. The second-order valence-electron chi connectivity index (χ2n) is 10.9. The van der Waals surface area contributed by atoms with E-state index < -0.39 is 0 Å². The van der Waals surface area contributed by atoms with Gasteiger partial charge in [0, 0.05) is 20.1 Å². The summed E-state index contributed by atoms with van der Waals surface area (Å²) in [6.45, 7) is 0.343. The van der Waals surface area contributed by atoms with Gasteiger partial charge >= 0.3 is 5.69 Å². The fourth-order valence-electron chi connectivity index (χ4n) is 5.75. The average molecular weight is 742 g/mol. The molecule has 0 atom stereocenters. The zero-order chi connectivity index (χ0) is 33.9. The van der Waals surface area contributed by atoms with Crippen molar-refractivity contribution < 1.29 is 14.2 Å². The van der Waals surface area contributed by atoms with Crippen molar-refractivity contribution in [3.05, 3.63) is 123 Å². The summed E-state index contributed by atoms with van der Waals surface area (Å²) in [5.41, 5.74) is 3.87. The smallest absolute Gasteiger partial charge is 0.329 e. The van der Waals surface area contributed by atoms with E-state index in [9.17, 15) is 9.59 Å². The van der Waals surface area contributed by atoms with Crippen LogP contribution < -0.4 is 30.0 Å². The van der Waals surface area contributed by atoms with Crippen molar-refractivity contribution in [2.45, 2.75) is 13.1 Å². The highest BCUT2D eigenvalue weighted by atomic mass is 35.5. The number of hydrogen-bond donors (Lipinski definition) is 0. The molecule has 0 fully saturated rings. The van der Waals surface area contributed by atoms with Crippen LogP contribution in [0.2, 0.25) is 20.1 Å². The highest BCUT2D eigenvalue weighted by Gasteiger charge is 2.21. The zero-order valence-corrected chi connectivity index (χ0v) is 29.4. The number of rotatable bonds is 8. The van der Waals surface area contributed by atoms with Gasteiger partial charge in [-0.2, -0.15) is 0 Å². The SMILES string of the molecule is COc1cc(C=c2sc3nc4cc5c(cc4n3c2=O)n(Cc2ccc(Cl)cc2Cl)c(=O)n5Cc2ccc(Cl)cc2Cl)cc(OC)c1OC. The van der Waals surface area contributed by atoms with Gasteiger partial charge in [0.25, 0.3) is 5.56 Å². The Morgan fingerprint density at radius 1 is 0.729 bits per heavy atom. The van der Waals surface area contributed by atoms with Gasteiger partial charge in [0.05, 0.1) is 61.0 Å². The first-order valence-corrected chi connectivity index (χ1v) is 16.7. The molecule has 7 aromatic rings. The summed E-state index contributed by atoms with van der Waals surface area (Å²) in [6, 6.07) is 17.5. The van der Waals surface area contributed by atoms with Crippen molar-refractivity contribution in [2.24, 2.45) is 0 Å². The number of imidazole rings is 2. The van der Waals surface area contributed by atoms with Gasteiger partial charge in [-0.25, -0.2) is 14.2 Å². The Kier molecular flexibility index (Phi) is 8.55. The van der Waals surface area contributed by atoms with Crippen molar-refractivity contribution in [1.82, 2.24) is 18.5 Å². The fourth-order valence-corrected chi connectivity index (χ4v) is 7.68. The molecular weight excluding hydrogens is 718 g/mol. The molecule has 0 saturated heterocycles. The second-order valence-corrected chi connectivity index (χ2v) is 13.6. The first-order valence-electron chi connectivity index (χ1n) is 14.4. The van der Waals surface area contributed by atoms with Gasteiger partial charge in [0.1, 0.15) is 0 Å².